The minimum atomic E-state index is 0.414. The molecule has 2 heterocycles. The highest BCUT2D eigenvalue weighted by molar-refractivity contribution is 5.82. The SMILES string of the molecule is Cc1cc(C=Nn2cc(C)nc2N)c(C)c(CN2CCN(C)CC2)c1. The first kappa shape index (κ1) is 17.6. The van der Waals surface area contributed by atoms with Crippen molar-refractivity contribution in [1.82, 2.24) is 19.5 Å². The second kappa shape index (κ2) is 7.37. The van der Waals surface area contributed by atoms with Gasteiger partial charge in [-0.3, -0.25) is 4.90 Å². The summed E-state index contributed by atoms with van der Waals surface area (Å²) < 4.78 is 1.62. The number of aromatic nitrogens is 2. The molecule has 25 heavy (non-hydrogen) atoms. The van der Waals surface area contributed by atoms with Gasteiger partial charge in [0.25, 0.3) is 0 Å². The van der Waals surface area contributed by atoms with Gasteiger partial charge in [-0.25, -0.2) is 9.66 Å². The maximum Gasteiger partial charge on any atom is 0.221 e. The predicted octanol–water partition coefficient (Wildman–Crippen LogP) is 2.02. The minimum Gasteiger partial charge on any atom is -0.368 e. The van der Waals surface area contributed by atoms with Gasteiger partial charge in [0.05, 0.1) is 18.1 Å². The molecule has 0 aliphatic carbocycles. The summed E-state index contributed by atoms with van der Waals surface area (Å²) in [5.41, 5.74) is 11.8. The molecule has 0 amide bonds. The zero-order valence-electron chi connectivity index (χ0n) is 15.7. The average Bonchev–Trinajstić information content (AvgIpc) is 2.89. The Bertz CT molecular complexity index is 768. The Kier molecular flexibility index (Phi) is 5.20. The molecule has 3 rings (SSSR count). The van der Waals surface area contributed by atoms with Gasteiger partial charge in [0.1, 0.15) is 0 Å². The zero-order chi connectivity index (χ0) is 18.0. The summed E-state index contributed by atoms with van der Waals surface area (Å²) in [5.74, 6) is 0.414. The lowest BCUT2D eigenvalue weighted by atomic mass is 9.99. The average molecular weight is 340 g/mol. The van der Waals surface area contributed by atoms with Crippen LogP contribution in [0.15, 0.2) is 23.4 Å². The van der Waals surface area contributed by atoms with Crippen LogP contribution in [0.2, 0.25) is 0 Å². The molecule has 0 saturated carbocycles. The summed E-state index contributed by atoms with van der Waals surface area (Å²) >= 11 is 0. The lowest BCUT2D eigenvalue weighted by molar-refractivity contribution is 0.148. The second-order valence-corrected chi connectivity index (χ2v) is 7.05. The highest BCUT2D eigenvalue weighted by atomic mass is 15.4. The van der Waals surface area contributed by atoms with Gasteiger partial charge in [0.2, 0.25) is 5.95 Å². The molecule has 0 radical (unpaired) electrons. The minimum absolute atomic E-state index is 0.414. The van der Waals surface area contributed by atoms with Gasteiger partial charge in [-0.15, -0.1) is 0 Å². The van der Waals surface area contributed by atoms with Crippen LogP contribution in [-0.2, 0) is 6.54 Å². The zero-order valence-corrected chi connectivity index (χ0v) is 15.7. The number of piperazine rings is 1. The van der Waals surface area contributed by atoms with E-state index < -0.39 is 0 Å². The molecule has 1 aromatic heterocycles. The van der Waals surface area contributed by atoms with Crippen LogP contribution in [0.25, 0.3) is 0 Å². The highest BCUT2D eigenvalue weighted by Crippen LogP contribution is 2.18. The summed E-state index contributed by atoms with van der Waals surface area (Å²) in [7, 11) is 2.19. The number of hydrogen-bond donors (Lipinski definition) is 1. The van der Waals surface area contributed by atoms with E-state index in [0.717, 1.165) is 44.0 Å². The van der Waals surface area contributed by atoms with Gasteiger partial charge >= 0.3 is 0 Å². The molecular formula is C19H28N6. The van der Waals surface area contributed by atoms with Crippen molar-refractivity contribution in [3.05, 3.63) is 46.3 Å². The van der Waals surface area contributed by atoms with Crippen LogP contribution >= 0.6 is 0 Å². The van der Waals surface area contributed by atoms with Crippen LogP contribution in [0.4, 0.5) is 5.95 Å². The molecule has 6 nitrogen and oxygen atoms in total. The molecule has 0 spiro atoms. The summed E-state index contributed by atoms with van der Waals surface area (Å²) in [6.45, 7) is 11.7. The summed E-state index contributed by atoms with van der Waals surface area (Å²) in [5, 5.41) is 4.48. The Hall–Kier alpha value is -2.18. The van der Waals surface area contributed by atoms with E-state index in [4.69, 9.17) is 5.73 Å². The van der Waals surface area contributed by atoms with E-state index in [1.165, 1.54) is 16.7 Å². The van der Waals surface area contributed by atoms with Gasteiger partial charge in [0, 0.05) is 32.7 Å². The third-order valence-corrected chi connectivity index (χ3v) is 4.85. The lowest BCUT2D eigenvalue weighted by Gasteiger charge is -2.32. The fourth-order valence-electron chi connectivity index (χ4n) is 3.23. The Morgan fingerprint density at radius 3 is 2.52 bits per heavy atom. The molecule has 134 valence electrons. The van der Waals surface area contributed by atoms with Gasteiger partial charge in [-0.05, 0) is 44.5 Å². The number of nitrogens with two attached hydrogens (primary N) is 1. The third-order valence-electron chi connectivity index (χ3n) is 4.85. The fourth-order valence-corrected chi connectivity index (χ4v) is 3.23. The molecule has 2 N–H and O–H groups in total. The first-order valence-corrected chi connectivity index (χ1v) is 8.79. The smallest absolute Gasteiger partial charge is 0.221 e. The van der Waals surface area contributed by atoms with Gasteiger partial charge in [-0.2, -0.15) is 5.10 Å². The molecule has 0 unspecified atom stereocenters. The molecule has 0 bridgehead atoms. The van der Waals surface area contributed by atoms with Crippen molar-refractivity contribution < 1.29 is 0 Å². The summed E-state index contributed by atoms with van der Waals surface area (Å²) in [6.07, 6.45) is 3.72. The largest absolute Gasteiger partial charge is 0.368 e. The van der Waals surface area contributed by atoms with Crippen molar-refractivity contribution in [2.45, 2.75) is 27.3 Å². The van der Waals surface area contributed by atoms with E-state index in [0.29, 0.717) is 5.95 Å². The quantitative estimate of drug-likeness (QED) is 0.865. The Balaban J connectivity index is 1.81. The molecule has 2 aromatic rings. The van der Waals surface area contributed by atoms with Crippen molar-refractivity contribution in [1.29, 1.82) is 0 Å². The number of benzene rings is 1. The number of anilines is 1. The molecule has 1 aliphatic heterocycles. The van der Waals surface area contributed by atoms with Crippen LogP contribution in [0.3, 0.4) is 0 Å². The monoisotopic (exact) mass is 340 g/mol. The number of nitrogens with zero attached hydrogens (tertiary/aromatic N) is 5. The Morgan fingerprint density at radius 1 is 1.16 bits per heavy atom. The summed E-state index contributed by atoms with van der Waals surface area (Å²) in [6, 6.07) is 4.47. The predicted molar refractivity (Wildman–Crippen MR) is 103 cm³/mol. The van der Waals surface area contributed by atoms with E-state index in [9.17, 15) is 0 Å². The number of rotatable bonds is 4. The first-order chi connectivity index (χ1) is 11.9. The molecule has 1 fully saturated rings. The maximum atomic E-state index is 5.87. The lowest BCUT2D eigenvalue weighted by Crippen LogP contribution is -2.44. The molecule has 6 heteroatoms. The van der Waals surface area contributed by atoms with E-state index >= 15 is 0 Å². The highest BCUT2D eigenvalue weighted by Gasteiger charge is 2.15. The first-order valence-electron chi connectivity index (χ1n) is 8.79. The fraction of sp³-hybridized carbons (Fsp3) is 0.474. The number of hydrogen-bond acceptors (Lipinski definition) is 5. The number of nitrogen functional groups attached to an aromatic ring is 1. The van der Waals surface area contributed by atoms with Gasteiger partial charge in [0.15, 0.2) is 0 Å². The number of aryl methyl sites for hydroxylation is 2. The van der Waals surface area contributed by atoms with Crippen molar-refractivity contribution in [2.75, 3.05) is 39.0 Å². The van der Waals surface area contributed by atoms with Crippen molar-refractivity contribution in [3.63, 3.8) is 0 Å². The van der Waals surface area contributed by atoms with Crippen LogP contribution in [0, 0.1) is 20.8 Å². The van der Waals surface area contributed by atoms with Crippen LogP contribution in [-0.4, -0.2) is 58.9 Å². The third kappa shape index (κ3) is 4.27. The van der Waals surface area contributed by atoms with E-state index in [-0.39, 0.29) is 0 Å². The molecule has 1 aromatic carbocycles. The second-order valence-electron chi connectivity index (χ2n) is 7.05. The van der Waals surface area contributed by atoms with Gasteiger partial charge < -0.3 is 10.6 Å². The van der Waals surface area contributed by atoms with E-state index in [2.05, 4.69) is 52.9 Å². The number of imidazole rings is 1. The maximum absolute atomic E-state index is 5.87. The molecular weight excluding hydrogens is 312 g/mol. The van der Waals surface area contributed by atoms with Crippen molar-refractivity contribution in [3.8, 4) is 0 Å². The topological polar surface area (TPSA) is 62.7 Å². The van der Waals surface area contributed by atoms with Crippen molar-refractivity contribution >= 4 is 12.2 Å². The van der Waals surface area contributed by atoms with Crippen LogP contribution < -0.4 is 5.73 Å². The van der Waals surface area contributed by atoms with E-state index in [1.54, 1.807) is 4.68 Å². The molecule has 1 aliphatic rings. The standard InChI is InChI=1S/C19H28N6/c1-14-9-17(11-21-25-12-15(2)22-19(25)20)16(3)18(10-14)13-24-7-5-23(4)6-8-24/h9-12H,5-8,13H2,1-4H3,(H2,20,22). The van der Waals surface area contributed by atoms with Crippen LogP contribution in [0.5, 0.6) is 0 Å². The van der Waals surface area contributed by atoms with E-state index in [1.807, 2.05) is 19.3 Å². The Labute approximate surface area is 149 Å². The van der Waals surface area contributed by atoms with Crippen molar-refractivity contribution in [2.24, 2.45) is 5.10 Å². The Morgan fingerprint density at radius 2 is 1.88 bits per heavy atom. The normalized spacial score (nSPS) is 16.8. The van der Waals surface area contributed by atoms with Gasteiger partial charge in [-0.1, -0.05) is 17.7 Å². The summed E-state index contributed by atoms with van der Waals surface area (Å²) in [4.78, 5) is 9.09. The number of likely N-dealkylation sites (N-methyl/N-ethyl adjacent to an activating group) is 1. The molecule has 1 saturated heterocycles. The molecule has 0 atom stereocenters. The van der Waals surface area contributed by atoms with Crippen LogP contribution in [0.1, 0.15) is 27.9 Å².